The van der Waals surface area contributed by atoms with Gasteiger partial charge in [-0.05, 0) is 76.3 Å². The first-order valence-electron chi connectivity index (χ1n) is 13.5. The molecule has 5 rings (SSSR count). The Kier molecular flexibility index (Phi) is 8.15. The lowest BCUT2D eigenvalue weighted by atomic mass is 9.93. The van der Waals surface area contributed by atoms with Gasteiger partial charge >= 0.3 is 0 Å². The van der Waals surface area contributed by atoms with Gasteiger partial charge in [0, 0.05) is 62.7 Å². The largest absolute Gasteiger partial charge is 0.393 e. The second-order valence-corrected chi connectivity index (χ2v) is 11.1. The van der Waals surface area contributed by atoms with Crippen LogP contribution >= 0.6 is 11.6 Å². The zero-order valence-electron chi connectivity index (χ0n) is 21.6. The lowest BCUT2D eigenvalue weighted by molar-refractivity contribution is 0.0982. The zero-order valence-corrected chi connectivity index (χ0v) is 22.3. The lowest BCUT2D eigenvalue weighted by Gasteiger charge is -2.43. The maximum Gasteiger partial charge on any atom is 0.171 e. The predicted octanol–water partition coefficient (Wildman–Crippen LogP) is 4.11. The number of nitrogens with one attached hydrogen (secondary N) is 2. The van der Waals surface area contributed by atoms with E-state index in [1.54, 1.807) is 6.20 Å². The quantitative estimate of drug-likeness (QED) is 0.532. The summed E-state index contributed by atoms with van der Waals surface area (Å²) in [7, 11) is 2.22. The molecule has 196 valence electrons. The van der Waals surface area contributed by atoms with E-state index in [4.69, 9.17) is 11.6 Å². The number of aromatic nitrogens is 2. The summed E-state index contributed by atoms with van der Waals surface area (Å²) < 4.78 is 0. The molecule has 3 N–H and O–H groups in total. The molecule has 1 aliphatic carbocycles. The van der Waals surface area contributed by atoms with Crippen LogP contribution in [-0.2, 0) is 0 Å². The highest BCUT2D eigenvalue weighted by atomic mass is 35.5. The summed E-state index contributed by atoms with van der Waals surface area (Å²) in [5, 5.41) is 16.9. The summed E-state index contributed by atoms with van der Waals surface area (Å²) in [5.41, 5.74) is 3.58. The van der Waals surface area contributed by atoms with Crippen LogP contribution in [0.25, 0.3) is 0 Å². The van der Waals surface area contributed by atoms with E-state index in [9.17, 15) is 5.11 Å². The van der Waals surface area contributed by atoms with E-state index >= 15 is 0 Å². The van der Waals surface area contributed by atoms with Crippen molar-refractivity contribution in [2.24, 2.45) is 0 Å². The Bertz CT molecular complexity index is 1010. The third-order valence-electron chi connectivity index (χ3n) is 8.09. The number of rotatable bonds is 6. The van der Waals surface area contributed by atoms with Gasteiger partial charge in [-0.1, -0.05) is 11.6 Å². The van der Waals surface area contributed by atoms with Crippen molar-refractivity contribution < 1.29 is 5.11 Å². The Balaban J connectivity index is 1.18. The number of aliphatic hydroxyl groups excluding tert-OH is 1. The van der Waals surface area contributed by atoms with Crippen LogP contribution in [0.1, 0.15) is 44.1 Å². The van der Waals surface area contributed by atoms with Crippen molar-refractivity contribution >= 4 is 34.6 Å². The van der Waals surface area contributed by atoms with E-state index in [0.717, 1.165) is 50.5 Å². The van der Waals surface area contributed by atoms with Crippen LogP contribution in [0.2, 0.25) is 5.15 Å². The molecule has 8 nitrogen and oxygen atoms in total. The summed E-state index contributed by atoms with van der Waals surface area (Å²) in [4.78, 5) is 16.7. The van der Waals surface area contributed by atoms with Crippen LogP contribution in [0.4, 0.5) is 23.0 Å². The zero-order chi connectivity index (χ0) is 25.1. The van der Waals surface area contributed by atoms with E-state index in [2.05, 4.69) is 67.5 Å². The number of likely N-dealkylation sites (N-methyl/N-ethyl adjacent to an activating group) is 1. The minimum absolute atomic E-state index is 0.188. The molecular weight excluding hydrogens is 474 g/mol. The molecule has 2 aliphatic heterocycles. The number of aryl methyl sites for hydroxylation is 1. The van der Waals surface area contributed by atoms with Gasteiger partial charge in [0.1, 0.15) is 0 Å². The van der Waals surface area contributed by atoms with Crippen molar-refractivity contribution in [1.29, 1.82) is 0 Å². The van der Waals surface area contributed by atoms with Gasteiger partial charge in [0.25, 0.3) is 0 Å². The van der Waals surface area contributed by atoms with Crippen molar-refractivity contribution in [3.63, 3.8) is 0 Å². The minimum atomic E-state index is -0.188. The molecule has 0 unspecified atom stereocenters. The average Bonchev–Trinajstić information content (AvgIpc) is 2.88. The van der Waals surface area contributed by atoms with Crippen LogP contribution in [-0.4, -0.2) is 89.4 Å². The fourth-order valence-electron chi connectivity index (χ4n) is 5.83. The Morgan fingerprint density at radius 1 is 0.972 bits per heavy atom. The fourth-order valence-corrected chi connectivity index (χ4v) is 5.98. The SMILES string of the molecule is Cc1cc(Nc2cnc(Cl)c(NC3CCC(O)CC3)n2)ccc1N1CCC(N2CCN(C)CC2)CC1. The number of nitrogens with zero attached hydrogens (tertiary/aromatic N) is 5. The Morgan fingerprint density at radius 3 is 2.39 bits per heavy atom. The van der Waals surface area contributed by atoms with Crippen molar-refractivity contribution in [2.75, 3.05) is 61.8 Å². The summed E-state index contributed by atoms with van der Waals surface area (Å²) >= 11 is 6.32. The molecule has 36 heavy (non-hydrogen) atoms. The number of benzene rings is 1. The number of hydrogen-bond donors (Lipinski definition) is 3. The Hall–Kier alpha value is -2.13. The predicted molar refractivity (Wildman–Crippen MR) is 148 cm³/mol. The molecule has 1 aromatic carbocycles. The maximum absolute atomic E-state index is 9.76. The van der Waals surface area contributed by atoms with E-state index in [-0.39, 0.29) is 12.1 Å². The number of piperidine rings is 1. The smallest absolute Gasteiger partial charge is 0.171 e. The van der Waals surface area contributed by atoms with Gasteiger partial charge in [-0.25, -0.2) is 9.97 Å². The van der Waals surface area contributed by atoms with Gasteiger partial charge in [-0.15, -0.1) is 0 Å². The van der Waals surface area contributed by atoms with E-state index in [1.807, 2.05) is 0 Å². The van der Waals surface area contributed by atoms with Crippen molar-refractivity contribution in [2.45, 2.75) is 63.6 Å². The highest BCUT2D eigenvalue weighted by Crippen LogP contribution is 2.30. The molecule has 3 heterocycles. The standard InChI is InChI=1S/C27H40ClN7O/c1-19-17-21(30-25-18-29-26(28)27(32-25)31-20-3-6-23(36)7-4-20)5-8-24(19)35-11-9-22(10-12-35)34-15-13-33(2)14-16-34/h5,8,17-18,20,22-23,36H,3-4,6-7,9-16H2,1-2H3,(H2,30,31,32). The normalized spacial score (nSPS) is 24.6. The van der Waals surface area contributed by atoms with Crippen LogP contribution in [0, 0.1) is 6.92 Å². The monoisotopic (exact) mass is 513 g/mol. The molecule has 1 aromatic heterocycles. The number of aliphatic hydroxyl groups is 1. The summed E-state index contributed by atoms with van der Waals surface area (Å²) in [6, 6.07) is 7.52. The van der Waals surface area contributed by atoms with Crippen molar-refractivity contribution in [3.8, 4) is 0 Å². The number of halogens is 1. The van der Waals surface area contributed by atoms with Crippen molar-refractivity contribution in [3.05, 3.63) is 35.1 Å². The van der Waals surface area contributed by atoms with E-state index in [0.29, 0.717) is 16.8 Å². The Morgan fingerprint density at radius 2 is 1.69 bits per heavy atom. The molecule has 2 saturated heterocycles. The molecular formula is C27H40ClN7O. The minimum Gasteiger partial charge on any atom is -0.393 e. The van der Waals surface area contributed by atoms with Gasteiger partial charge in [0.05, 0.1) is 12.3 Å². The highest BCUT2D eigenvalue weighted by molar-refractivity contribution is 6.31. The van der Waals surface area contributed by atoms with Crippen LogP contribution < -0.4 is 15.5 Å². The molecule has 3 fully saturated rings. The van der Waals surface area contributed by atoms with Crippen LogP contribution in [0.5, 0.6) is 0 Å². The third-order valence-corrected chi connectivity index (χ3v) is 8.37. The van der Waals surface area contributed by atoms with Crippen molar-refractivity contribution in [1.82, 2.24) is 19.8 Å². The van der Waals surface area contributed by atoms with Gasteiger partial charge in [0.2, 0.25) is 0 Å². The van der Waals surface area contributed by atoms with Gasteiger partial charge < -0.3 is 25.5 Å². The second-order valence-electron chi connectivity index (χ2n) is 10.7. The van der Waals surface area contributed by atoms with E-state index in [1.165, 1.54) is 50.3 Å². The van der Waals surface area contributed by atoms with E-state index < -0.39 is 0 Å². The van der Waals surface area contributed by atoms with Crippen LogP contribution in [0.3, 0.4) is 0 Å². The Labute approximate surface area is 220 Å². The molecule has 0 bridgehead atoms. The second kappa shape index (κ2) is 11.5. The highest BCUT2D eigenvalue weighted by Gasteiger charge is 2.27. The summed E-state index contributed by atoms with van der Waals surface area (Å²) in [6.07, 6.45) is 7.38. The van der Waals surface area contributed by atoms with Gasteiger partial charge in [-0.3, -0.25) is 4.90 Å². The topological polar surface area (TPSA) is 79.8 Å². The van der Waals surface area contributed by atoms with Crippen LogP contribution in [0.15, 0.2) is 24.4 Å². The number of anilines is 4. The fraction of sp³-hybridized carbons (Fsp3) is 0.630. The molecule has 1 saturated carbocycles. The average molecular weight is 514 g/mol. The summed E-state index contributed by atoms with van der Waals surface area (Å²) in [5.74, 6) is 1.26. The summed E-state index contributed by atoms with van der Waals surface area (Å²) in [6.45, 7) is 9.19. The number of piperazine rings is 1. The first kappa shape index (κ1) is 25.5. The maximum atomic E-state index is 9.76. The van der Waals surface area contributed by atoms with Gasteiger partial charge in [-0.2, -0.15) is 0 Å². The molecule has 3 aliphatic rings. The first-order valence-corrected chi connectivity index (χ1v) is 13.8. The number of hydrogen-bond acceptors (Lipinski definition) is 8. The van der Waals surface area contributed by atoms with Gasteiger partial charge in [0.15, 0.2) is 16.8 Å². The molecule has 2 aromatic rings. The molecule has 9 heteroatoms. The molecule has 0 amide bonds. The third kappa shape index (κ3) is 6.22. The molecule has 0 radical (unpaired) electrons. The first-order chi connectivity index (χ1) is 17.4. The molecule has 0 spiro atoms. The molecule has 0 atom stereocenters. The lowest BCUT2D eigenvalue weighted by Crippen LogP contribution is -2.52.